The van der Waals surface area contributed by atoms with Crippen LogP contribution < -0.4 is 20.9 Å². The Hall–Kier alpha value is -4.66. The molecule has 2 aromatic heterocycles. The van der Waals surface area contributed by atoms with Crippen LogP contribution in [-0.2, 0) is 17.8 Å². The molecule has 0 atom stereocenters. The standard InChI is InChI=1S/C26H23N5O4/c1-17(32)28-23-16-21(13-14-27-23)35-20-11-9-18(10-12-20)29-25(33)24-22-8-5-15-30(22)31(26(24)34)19-6-3-2-4-7-19/h2-4,6-7,9-14,16H,5,8,15H2,1H3,(H,29,33)(H,27,28,32). The average molecular weight is 470 g/mol. The molecule has 4 aromatic rings. The molecule has 2 amide bonds. The normalized spacial score (nSPS) is 12.1. The Morgan fingerprint density at radius 1 is 0.971 bits per heavy atom. The van der Waals surface area contributed by atoms with E-state index in [4.69, 9.17) is 4.74 Å². The van der Waals surface area contributed by atoms with Gasteiger partial charge < -0.3 is 15.4 Å². The minimum Gasteiger partial charge on any atom is -0.457 e. The van der Waals surface area contributed by atoms with Gasteiger partial charge in [-0.3, -0.25) is 19.1 Å². The van der Waals surface area contributed by atoms with Crippen molar-refractivity contribution < 1.29 is 14.3 Å². The van der Waals surface area contributed by atoms with E-state index in [2.05, 4.69) is 15.6 Å². The monoisotopic (exact) mass is 469 g/mol. The second kappa shape index (κ2) is 9.30. The minimum atomic E-state index is -0.432. The first-order valence-electron chi connectivity index (χ1n) is 11.2. The number of carbonyl (C=O) groups is 2. The highest BCUT2D eigenvalue weighted by molar-refractivity contribution is 6.05. The number of carbonyl (C=O) groups excluding carboxylic acids is 2. The number of nitrogens with one attached hydrogen (secondary N) is 2. The fourth-order valence-corrected chi connectivity index (χ4v) is 4.19. The molecule has 9 nitrogen and oxygen atoms in total. The zero-order chi connectivity index (χ0) is 24.4. The van der Waals surface area contributed by atoms with Crippen LogP contribution in [0.4, 0.5) is 11.5 Å². The molecule has 2 N–H and O–H groups in total. The Morgan fingerprint density at radius 3 is 2.49 bits per heavy atom. The highest BCUT2D eigenvalue weighted by Gasteiger charge is 2.28. The van der Waals surface area contributed by atoms with Crippen molar-refractivity contribution in [3.05, 3.63) is 94.5 Å². The van der Waals surface area contributed by atoms with Gasteiger partial charge in [-0.1, -0.05) is 18.2 Å². The maximum atomic E-state index is 13.2. The van der Waals surface area contributed by atoms with E-state index in [1.807, 2.05) is 35.0 Å². The molecule has 5 rings (SSSR count). The first kappa shape index (κ1) is 22.1. The molecule has 9 heteroatoms. The zero-order valence-corrected chi connectivity index (χ0v) is 19.0. The second-order valence-corrected chi connectivity index (χ2v) is 8.14. The summed E-state index contributed by atoms with van der Waals surface area (Å²) in [6.07, 6.45) is 3.10. The van der Waals surface area contributed by atoms with Crippen LogP contribution in [0.3, 0.4) is 0 Å². The molecule has 0 bridgehead atoms. The van der Waals surface area contributed by atoms with E-state index in [1.54, 1.807) is 41.1 Å². The van der Waals surface area contributed by atoms with Gasteiger partial charge in [-0.2, -0.15) is 0 Å². The lowest BCUT2D eigenvalue weighted by atomic mass is 10.1. The summed E-state index contributed by atoms with van der Waals surface area (Å²) in [7, 11) is 0. The number of pyridine rings is 1. The number of amides is 2. The molecule has 0 unspecified atom stereocenters. The van der Waals surface area contributed by atoms with Gasteiger partial charge in [0.2, 0.25) is 5.91 Å². The molecule has 0 spiro atoms. The van der Waals surface area contributed by atoms with E-state index in [-0.39, 0.29) is 17.0 Å². The van der Waals surface area contributed by atoms with Gasteiger partial charge in [0.25, 0.3) is 11.5 Å². The molecule has 1 aliphatic heterocycles. The largest absolute Gasteiger partial charge is 0.457 e. The molecule has 35 heavy (non-hydrogen) atoms. The van der Waals surface area contributed by atoms with Crippen LogP contribution in [0.1, 0.15) is 29.4 Å². The Morgan fingerprint density at radius 2 is 1.74 bits per heavy atom. The molecule has 3 heterocycles. The van der Waals surface area contributed by atoms with E-state index in [9.17, 15) is 14.4 Å². The van der Waals surface area contributed by atoms with Crippen molar-refractivity contribution in [1.82, 2.24) is 14.3 Å². The van der Waals surface area contributed by atoms with Crippen molar-refractivity contribution in [3.63, 3.8) is 0 Å². The third-order valence-electron chi connectivity index (χ3n) is 5.64. The van der Waals surface area contributed by atoms with Crippen molar-refractivity contribution in [2.24, 2.45) is 0 Å². The first-order valence-corrected chi connectivity index (χ1v) is 11.2. The van der Waals surface area contributed by atoms with E-state index in [0.717, 1.165) is 17.8 Å². The third-order valence-corrected chi connectivity index (χ3v) is 5.64. The van der Waals surface area contributed by atoms with Crippen molar-refractivity contribution >= 4 is 23.3 Å². The Bertz CT molecular complexity index is 1460. The molecule has 0 radical (unpaired) electrons. The van der Waals surface area contributed by atoms with Crippen molar-refractivity contribution in [1.29, 1.82) is 0 Å². The summed E-state index contributed by atoms with van der Waals surface area (Å²) in [5.41, 5.74) is 1.88. The number of fused-ring (bicyclic) bond motifs is 1. The SMILES string of the molecule is CC(=O)Nc1cc(Oc2ccc(NC(=O)c3c4n(n(-c5ccccc5)c3=O)CCC4)cc2)ccn1. The van der Waals surface area contributed by atoms with Crippen LogP contribution in [-0.4, -0.2) is 26.2 Å². The molecule has 176 valence electrons. The highest BCUT2D eigenvalue weighted by atomic mass is 16.5. The number of hydrogen-bond donors (Lipinski definition) is 2. The van der Waals surface area contributed by atoms with Gasteiger partial charge in [0.1, 0.15) is 22.9 Å². The van der Waals surface area contributed by atoms with E-state index in [1.165, 1.54) is 13.1 Å². The fourth-order valence-electron chi connectivity index (χ4n) is 4.19. The molecule has 0 saturated heterocycles. The predicted molar refractivity (Wildman–Crippen MR) is 131 cm³/mol. The van der Waals surface area contributed by atoms with E-state index < -0.39 is 5.91 Å². The Kier molecular flexibility index (Phi) is 5.88. The predicted octanol–water partition coefficient (Wildman–Crippen LogP) is 3.98. The van der Waals surface area contributed by atoms with Gasteiger partial charge >= 0.3 is 0 Å². The summed E-state index contributed by atoms with van der Waals surface area (Å²) < 4.78 is 9.29. The number of aromatic nitrogens is 3. The lowest BCUT2D eigenvalue weighted by Crippen LogP contribution is -2.26. The number of nitrogens with zero attached hydrogens (tertiary/aromatic N) is 3. The zero-order valence-electron chi connectivity index (χ0n) is 19.0. The number of para-hydroxylation sites is 1. The van der Waals surface area contributed by atoms with Gasteiger partial charge in [0.05, 0.1) is 11.4 Å². The van der Waals surface area contributed by atoms with Crippen molar-refractivity contribution in [2.45, 2.75) is 26.3 Å². The van der Waals surface area contributed by atoms with Crippen LogP contribution in [0.25, 0.3) is 5.69 Å². The van der Waals surface area contributed by atoms with Crippen LogP contribution in [0.5, 0.6) is 11.5 Å². The summed E-state index contributed by atoms with van der Waals surface area (Å²) >= 11 is 0. The van der Waals surface area contributed by atoms with E-state index in [0.29, 0.717) is 36.0 Å². The summed E-state index contributed by atoms with van der Waals surface area (Å²) in [5.74, 6) is 0.780. The molecular formula is C26H23N5O4. The molecule has 0 saturated carbocycles. The Labute approximate surface area is 201 Å². The van der Waals surface area contributed by atoms with Gasteiger partial charge in [-0.05, 0) is 55.3 Å². The van der Waals surface area contributed by atoms with E-state index >= 15 is 0 Å². The van der Waals surface area contributed by atoms with Crippen molar-refractivity contribution in [3.8, 4) is 17.2 Å². The van der Waals surface area contributed by atoms with Crippen molar-refractivity contribution in [2.75, 3.05) is 10.6 Å². The molecule has 0 aliphatic carbocycles. The molecular weight excluding hydrogens is 446 g/mol. The summed E-state index contributed by atoms with van der Waals surface area (Å²) in [6.45, 7) is 2.10. The number of ether oxygens (including phenoxy) is 1. The van der Waals surface area contributed by atoms with Crippen LogP contribution in [0.2, 0.25) is 0 Å². The fraction of sp³-hybridized carbons (Fsp3) is 0.154. The summed E-state index contributed by atoms with van der Waals surface area (Å²) in [4.78, 5) is 41.6. The van der Waals surface area contributed by atoms with Gasteiger partial charge in [0, 0.05) is 31.4 Å². The highest BCUT2D eigenvalue weighted by Crippen LogP contribution is 2.25. The van der Waals surface area contributed by atoms with Crippen LogP contribution in [0, 0.1) is 0 Å². The minimum absolute atomic E-state index is 0.175. The average Bonchev–Trinajstić information content (AvgIpc) is 3.40. The van der Waals surface area contributed by atoms with Crippen LogP contribution >= 0.6 is 0 Å². The molecule has 0 fully saturated rings. The topological polar surface area (TPSA) is 107 Å². The maximum Gasteiger partial charge on any atom is 0.284 e. The number of benzene rings is 2. The third kappa shape index (κ3) is 4.56. The number of hydrogen-bond acceptors (Lipinski definition) is 5. The number of rotatable bonds is 6. The molecule has 1 aliphatic rings. The lowest BCUT2D eigenvalue weighted by molar-refractivity contribution is -0.114. The van der Waals surface area contributed by atoms with Gasteiger partial charge in [-0.15, -0.1) is 0 Å². The summed E-state index contributed by atoms with van der Waals surface area (Å²) in [5, 5.41) is 5.44. The number of anilines is 2. The van der Waals surface area contributed by atoms with Gasteiger partial charge in [0.15, 0.2) is 0 Å². The first-order chi connectivity index (χ1) is 17.0. The summed E-state index contributed by atoms with van der Waals surface area (Å²) in [6, 6.07) is 19.4. The quantitative estimate of drug-likeness (QED) is 0.444. The van der Waals surface area contributed by atoms with Gasteiger partial charge in [-0.25, -0.2) is 9.67 Å². The smallest absolute Gasteiger partial charge is 0.284 e. The second-order valence-electron chi connectivity index (χ2n) is 8.14. The van der Waals surface area contributed by atoms with Crippen LogP contribution in [0.15, 0.2) is 77.7 Å². The Balaban J connectivity index is 1.34. The molecule has 2 aromatic carbocycles. The maximum absolute atomic E-state index is 13.2. The lowest BCUT2D eigenvalue weighted by Gasteiger charge is -2.09.